The molecule has 1 aromatic rings. The SMILES string of the molecule is Clc1cc(CNCC2CC=CCC2)cc2c1OCO2. The predicted octanol–water partition coefficient (Wildman–Crippen LogP) is 3.51. The second-order valence-electron chi connectivity index (χ2n) is 5.09. The Labute approximate surface area is 118 Å². The van der Waals surface area contributed by atoms with Crippen LogP contribution < -0.4 is 14.8 Å². The molecule has 3 rings (SSSR count). The van der Waals surface area contributed by atoms with Crippen molar-refractivity contribution in [2.45, 2.75) is 25.8 Å². The number of nitrogens with one attached hydrogen (secondary N) is 1. The van der Waals surface area contributed by atoms with Crippen LogP contribution in [-0.2, 0) is 6.54 Å². The Kier molecular flexibility index (Phi) is 3.95. The molecule has 0 fully saturated rings. The molecule has 4 heteroatoms. The molecule has 102 valence electrons. The van der Waals surface area contributed by atoms with E-state index in [2.05, 4.69) is 17.5 Å². The molecule has 3 nitrogen and oxygen atoms in total. The zero-order chi connectivity index (χ0) is 13.1. The van der Waals surface area contributed by atoms with Gasteiger partial charge >= 0.3 is 0 Å². The molecule has 0 spiro atoms. The molecular formula is C15H18ClNO2. The lowest BCUT2D eigenvalue weighted by Crippen LogP contribution is -2.23. The highest BCUT2D eigenvalue weighted by Gasteiger charge is 2.18. The maximum atomic E-state index is 6.16. The smallest absolute Gasteiger partial charge is 0.231 e. The molecule has 0 amide bonds. The van der Waals surface area contributed by atoms with E-state index in [-0.39, 0.29) is 6.79 Å². The van der Waals surface area contributed by atoms with Gasteiger partial charge in [0.15, 0.2) is 11.5 Å². The number of benzene rings is 1. The van der Waals surface area contributed by atoms with Gasteiger partial charge in [0.2, 0.25) is 6.79 Å². The molecule has 0 radical (unpaired) electrons. The first-order valence-corrected chi connectivity index (χ1v) is 7.14. The molecule has 1 aliphatic heterocycles. The summed E-state index contributed by atoms with van der Waals surface area (Å²) < 4.78 is 10.7. The van der Waals surface area contributed by atoms with E-state index >= 15 is 0 Å². The van der Waals surface area contributed by atoms with Gasteiger partial charge in [-0.2, -0.15) is 0 Å². The van der Waals surface area contributed by atoms with E-state index in [1.807, 2.05) is 12.1 Å². The molecule has 1 N–H and O–H groups in total. The summed E-state index contributed by atoms with van der Waals surface area (Å²) in [6.45, 7) is 2.13. The second kappa shape index (κ2) is 5.85. The van der Waals surface area contributed by atoms with Crippen molar-refractivity contribution in [3.05, 3.63) is 34.9 Å². The molecule has 1 aromatic carbocycles. The zero-order valence-electron chi connectivity index (χ0n) is 10.8. The van der Waals surface area contributed by atoms with Crippen molar-refractivity contribution >= 4 is 11.6 Å². The Hall–Kier alpha value is -1.19. The Morgan fingerprint density at radius 2 is 2.21 bits per heavy atom. The van der Waals surface area contributed by atoms with E-state index in [0.717, 1.165) is 30.3 Å². The number of ether oxygens (including phenoxy) is 2. The van der Waals surface area contributed by atoms with Gasteiger partial charge in [-0.15, -0.1) is 0 Å². The molecule has 0 saturated heterocycles. The van der Waals surface area contributed by atoms with Gasteiger partial charge in [-0.1, -0.05) is 23.8 Å². The number of hydrogen-bond donors (Lipinski definition) is 1. The first-order valence-electron chi connectivity index (χ1n) is 6.76. The van der Waals surface area contributed by atoms with Gasteiger partial charge in [0.05, 0.1) is 5.02 Å². The number of hydrogen-bond acceptors (Lipinski definition) is 3. The Balaban J connectivity index is 1.55. The van der Waals surface area contributed by atoms with Crippen LogP contribution in [0.15, 0.2) is 24.3 Å². The number of allylic oxidation sites excluding steroid dienone is 2. The summed E-state index contributed by atoms with van der Waals surface area (Å²) in [5.41, 5.74) is 1.14. The second-order valence-corrected chi connectivity index (χ2v) is 5.50. The Morgan fingerprint density at radius 3 is 3.05 bits per heavy atom. The van der Waals surface area contributed by atoms with Crippen molar-refractivity contribution in [2.75, 3.05) is 13.3 Å². The van der Waals surface area contributed by atoms with E-state index in [1.165, 1.54) is 19.3 Å². The first-order chi connectivity index (χ1) is 9.33. The molecule has 1 unspecified atom stereocenters. The lowest BCUT2D eigenvalue weighted by atomic mass is 9.94. The lowest BCUT2D eigenvalue weighted by molar-refractivity contribution is 0.174. The van der Waals surface area contributed by atoms with Crippen LogP contribution in [0.3, 0.4) is 0 Å². The van der Waals surface area contributed by atoms with Crippen molar-refractivity contribution in [1.82, 2.24) is 5.32 Å². The molecule has 0 bridgehead atoms. The van der Waals surface area contributed by atoms with Crippen LogP contribution in [0, 0.1) is 5.92 Å². The maximum Gasteiger partial charge on any atom is 0.231 e. The van der Waals surface area contributed by atoms with Gasteiger partial charge in [-0.25, -0.2) is 0 Å². The van der Waals surface area contributed by atoms with Crippen molar-refractivity contribution in [3.8, 4) is 11.5 Å². The summed E-state index contributed by atoms with van der Waals surface area (Å²) in [5, 5.41) is 4.13. The van der Waals surface area contributed by atoms with Crippen LogP contribution in [-0.4, -0.2) is 13.3 Å². The van der Waals surface area contributed by atoms with Gasteiger partial charge < -0.3 is 14.8 Å². The summed E-state index contributed by atoms with van der Waals surface area (Å²) in [6, 6.07) is 3.95. The van der Waals surface area contributed by atoms with E-state index < -0.39 is 0 Å². The summed E-state index contributed by atoms with van der Waals surface area (Å²) in [5.74, 6) is 2.18. The molecule has 1 aliphatic carbocycles. The van der Waals surface area contributed by atoms with E-state index in [0.29, 0.717) is 10.8 Å². The lowest BCUT2D eigenvalue weighted by Gasteiger charge is -2.18. The average Bonchev–Trinajstić information content (AvgIpc) is 2.89. The summed E-state index contributed by atoms with van der Waals surface area (Å²) in [6.07, 6.45) is 8.24. The van der Waals surface area contributed by atoms with Crippen LogP contribution >= 0.6 is 11.6 Å². The molecule has 0 aromatic heterocycles. The number of fused-ring (bicyclic) bond motifs is 1. The van der Waals surface area contributed by atoms with Crippen LogP contribution in [0.4, 0.5) is 0 Å². The standard InChI is InChI=1S/C15H18ClNO2/c16-13-6-12(7-14-15(13)19-10-18-14)9-17-8-11-4-2-1-3-5-11/h1-2,6-7,11,17H,3-5,8-10H2. The highest BCUT2D eigenvalue weighted by Crippen LogP contribution is 2.39. The highest BCUT2D eigenvalue weighted by atomic mass is 35.5. The number of halogens is 1. The third kappa shape index (κ3) is 3.04. The quantitative estimate of drug-likeness (QED) is 0.856. The average molecular weight is 280 g/mol. The molecule has 19 heavy (non-hydrogen) atoms. The van der Waals surface area contributed by atoms with Gasteiger partial charge in [0.1, 0.15) is 0 Å². The van der Waals surface area contributed by atoms with E-state index in [9.17, 15) is 0 Å². The highest BCUT2D eigenvalue weighted by molar-refractivity contribution is 6.32. The fourth-order valence-electron chi connectivity index (χ4n) is 2.59. The summed E-state index contributed by atoms with van der Waals surface area (Å²) >= 11 is 6.16. The molecular weight excluding hydrogens is 262 g/mol. The third-order valence-corrected chi connectivity index (χ3v) is 3.91. The minimum absolute atomic E-state index is 0.264. The molecule has 1 heterocycles. The maximum absolute atomic E-state index is 6.16. The van der Waals surface area contributed by atoms with Crippen molar-refractivity contribution < 1.29 is 9.47 Å². The molecule has 0 saturated carbocycles. The van der Waals surface area contributed by atoms with Crippen LogP contribution in [0.25, 0.3) is 0 Å². The number of rotatable bonds is 4. The van der Waals surface area contributed by atoms with Gasteiger partial charge in [-0.3, -0.25) is 0 Å². The van der Waals surface area contributed by atoms with Crippen LogP contribution in [0.5, 0.6) is 11.5 Å². The fourth-order valence-corrected chi connectivity index (χ4v) is 2.87. The summed E-state index contributed by atoms with van der Waals surface area (Å²) in [7, 11) is 0. The van der Waals surface area contributed by atoms with Crippen LogP contribution in [0.2, 0.25) is 5.02 Å². The Bertz CT molecular complexity index is 487. The topological polar surface area (TPSA) is 30.5 Å². The van der Waals surface area contributed by atoms with Gasteiger partial charge in [0.25, 0.3) is 0 Å². The monoisotopic (exact) mass is 279 g/mol. The van der Waals surface area contributed by atoms with E-state index in [1.54, 1.807) is 0 Å². The van der Waals surface area contributed by atoms with Gasteiger partial charge in [-0.05, 0) is 49.4 Å². The molecule has 2 aliphatic rings. The van der Waals surface area contributed by atoms with Crippen molar-refractivity contribution in [1.29, 1.82) is 0 Å². The summed E-state index contributed by atoms with van der Waals surface area (Å²) in [4.78, 5) is 0. The van der Waals surface area contributed by atoms with Crippen molar-refractivity contribution in [2.24, 2.45) is 5.92 Å². The predicted molar refractivity (Wildman–Crippen MR) is 75.8 cm³/mol. The third-order valence-electron chi connectivity index (χ3n) is 3.63. The van der Waals surface area contributed by atoms with Crippen molar-refractivity contribution in [3.63, 3.8) is 0 Å². The minimum atomic E-state index is 0.264. The Morgan fingerprint density at radius 1 is 1.26 bits per heavy atom. The minimum Gasteiger partial charge on any atom is -0.454 e. The first kappa shape index (κ1) is 12.8. The van der Waals surface area contributed by atoms with E-state index in [4.69, 9.17) is 21.1 Å². The fraction of sp³-hybridized carbons (Fsp3) is 0.467. The van der Waals surface area contributed by atoms with Gasteiger partial charge in [0, 0.05) is 6.54 Å². The zero-order valence-corrected chi connectivity index (χ0v) is 11.6. The molecule has 1 atom stereocenters. The van der Waals surface area contributed by atoms with Crippen LogP contribution in [0.1, 0.15) is 24.8 Å². The normalized spacial score (nSPS) is 20.8. The largest absolute Gasteiger partial charge is 0.454 e.